The Morgan fingerprint density at radius 1 is 0.500 bits per heavy atom. The summed E-state index contributed by atoms with van der Waals surface area (Å²) < 4.78 is 0. The predicted octanol–water partition coefficient (Wildman–Crippen LogP) is 11.4. The number of fused-ring (bicyclic) bond motifs is 5. The van der Waals surface area contributed by atoms with E-state index in [0.29, 0.717) is 17.2 Å². The number of hydrogen-bond acceptors (Lipinski definition) is 3. The SMILES string of the molecule is C1=CC2C3C=CC(C3)C2C1.Cc1ccc(O)c(C(C)(C)C)c1.Cc1ccc(O)c(C(C)(C)C)c1.Cc1ccc(O)c(C(C)(C)C)c1. The fraction of sp³-hybridized carbons (Fsp3) is 0.488. The number of benzene rings is 3. The summed E-state index contributed by atoms with van der Waals surface area (Å²) in [6.07, 6.45) is 12.5. The number of aromatic hydroxyl groups is 3. The molecule has 3 aromatic carbocycles. The molecule has 0 spiro atoms. The molecule has 4 atom stereocenters. The first-order valence-electron chi connectivity index (χ1n) is 16.9. The lowest BCUT2D eigenvalue weighted by Gasteiger charge is -2.20. The van der Waals surface area contributed by atoms with Gasteiger partial charge in [-0.1, -0.05) is 140 Å². The number of phenolic OH excluding ortho intramolecular Hbond substituents is 3. The topological polar surface area (TPSA) is 60.7 Å². The highest BCUT2D eigenvalue weighted by Crippen LogP contribution is 2.52. The van der Waals surface area contributed by atoms with Crippen molar-refractivity contribution < 1.29 is 15.3 Å². The van der Waals surface area contributed by atoms with Gasteiger partial charge in [0.15, 0.2) is 0 Å². The van der Waals surface area contributed by atoms with E-state index in [0.717, 1.165) is 40.4 Å². The van der Waals surface area contributed by atoms with Gasteiger partial charge in [0.2, 0.25) is 0 Å². The quantitative estimate of drug-likeness (QED) is 0.218. The minimum atomic E-state index is 0.0239. The molecular weight excluding hydrogens is 564 g/mol. The van der Waals surface area contributed by atoms with Crippen LogP contribution in [0.4, 0.5) is 0 Å². The van der Waals surface area contributed by atoms with Crippen LogP contribution >= 0.6 is 0 Å². The maximum atomic E-state index is 9.57. The lowest BCUT2D eigenvalue weighted by atomic mass is 9.85. The molecule has 0 radical (unpaired) electrons. The van der Waals surface area contributed by atoms with E-state index in [2.05, 4.69) is 86.6 Å². The molecule has 1 fully saturated rings. The van der Waals surface area contributed by atoms with Crippen molar-refractivity contribution in [1.29, 1.82) is 0 Å². The van der Waals surface area contributed by atoms with Crippen molar-refractivity contribution in [3.63, 3.8) is 0 Å². The Balaban J connectivity index is 0.000000167. The Hall–Kier alpha value is -3.46. The molecule has 1 saturated carbocycles. The third-order valence-corrected chi connectivity index (χ3v) is 9.34. The number of phenols is 3. The standard InChI is InChI=1S/3C11H16O.C10H12/c3*1-8-5-6-10(12)9(7-8)11(2,3)4;1-2-9-7-4-5-8(6-7)10(9)3-1/h3*5-7,12H,1-4H3;1-2,4-5,7-10H,3,6H2. The maximum absolute atomic E-state index is 9.57. The summed E-state index contributed by atoms with van der Waals surface area (Å²) in [5, 5.41) is 28.7. The van der Waals surface area contributed by atoms with Crippen molar-refractivity contribution in [2.75, 3.05) is 0 Å². The van der Waals surface area contributed by atoms with Gasteiger partial charge in [-0.15, -0.1) is 0 Å². The molecular formula is C43H60O3. The van der Waals surface area contributed by atoms with E-state index >= 15 is 0 Å². The van der Waals surface area contributed by atoms with Crippen LogP contribution in [0.25, 0.3) is 0 Å². The van der Waals surface area contributed by atoms with Crippen LogP contribution in [0.15, 0.2) is 78.9 Å². The first-order chi connectivity index (χ1) is 21.2. The van der Waals surface area contributed by atoms with E-state index in [9.17, 15) is 15.3 Å². The van der Waals surface area contributed by atoms with E-state index in [-0.39, 0.29) is 16.2 Å². The third-order valence-electron chi connectivity index (χ3n) is 9.34. The molecule has 0 saturated heterocycles. The lowest BCUT2D eigenvalue weighted by molar-refractivity contribution is 0.398. The second-order valence-corrected chi connectivity index (χ2v) is 16.7. The number of aryl methyl sites for hydroxylation is 3. The van der Waals surface area contributed by atoms with Gasteiger partial charge >= 0.3 is 0 Å². The van der Waals surface area contributed by atoms with Crippen LogP contribution in [-0.2, 0) is 16.2 Å². The van der Waals surface area contributed by atoms with E-state index in [4.69, 9.17) is 0 Å². The Bertz CT molecular complexity index is 1370. The molecule has 3 N–H and O–H groups in total. The van der Waals surface area contributed by atoms with Gasteiger partial charge in [-0.05, 0) is 108 Å². The first-order valence-corrected chi connectivity index (χ1v) is 16.9. The Labute approximate surface area is 280 Å². The molecule has 46 heavy (non-hydrogen) atoms. The summed E-state index contributed by atoms with van der Waals surface area (Å²) in [5.41, 5.74) is 6.70. The van der Waals surface area contributed by atoms with Crippen LogP contribution in [0, 0.1) is 44.4 Å². The zero-order valence-electron chi connectivity index (χ0n) is 30.6. The molecule has 0 amide bonds. The highest BCUT2D eigenvalue weighted by atomic mass is 16.3. The largest absolute Gasteiger partial charge is 0.508 e. The summed E-state index contributed by atoms with van der Waals surface area (Å²) >= 11 is 0. The van der Waals surface area contributed by atoms with E-state index < -0.39 is 0 Å². The van der Waals surface area contributed by atoms with Gasteiger partial charge in [0.25, 0.3) is 0 Å². The van der Waals surface area contributed by atoms with Crippen molar-refractivity contribution in [3.8, 4) is 17.2 Å². The summed E-state index contributed by atoms with van der Waals surface area (Å²) in [4.78, 5) is 0. The Morgan fingerprint density at radius 2 is 0.848 bits per heavy atom. The van der Waals surface area contributed by atoms with E-state index in [1.165, 1.54) is 29.5 Å². The van der Waals surface area contributed by atoms with Crippen molar-refractivity contribution >= 4 is 0 Å². The smallest absolute Gasteiger partial charge is 0.119 e. The van der Waals surface area contributed by atoms with Gasteiger partial charge < -0.3 is 15.3 Å². The zero-order chi connectivity index (χ0) is 34.6. The van der Waals surface area contributed by atoms with Crippen molar-refractivity contribution in [2.45, 2.75) is 112 Å². The van der Waals surface area contributed by atoms with Gasteiger partial charge in [-0.25, -0.2) is 0 Å². The summed E-state index contributed by atoms with van der Waals surface area (Å²) in [6.45, 7) is 25.0. The molecule has 3 aliphatic rings. The monoisotopic (exact) mass is 624 g/mol. The van der Waals surface area contributed by atoms with E-state index in [1.807, 2.05) is 57.2 Å². The average Bonchev–Trinajstić information content (AvgIpc) is 3.68. The fourth-order valence-corrected chi connectivity index (χ4v) is 6.72. The molecule has 4 unspecified atom stereocenters. The highest BCUT2D eigenvalue weighted by Gasteiger charge is 2.44. The van der Waals surface area contributed by atoms with Gasteiger partial charge in [0, 0.05) is 0 Å². The van der Waals surface area contributed by atoms with Crippen LogP contribution in [0.3, 0.4) is 0 Å². The van der Waals surface area contributed by atoms with Crippen LogP contribution in [-0.4, -0.2) is 15.3 Å². The molecule has 250 valence electrons. The molecule has 2 bridgehead atoms. The van der Waals surface area contributed by atoms with Crippen LogP contribution in [0.2, 0.25) is 0 Å². The van der Waals surface area contributed by atoms with Gasteiger partial charge in [0.05, 0.1) is 0 Å². The van der Waals surface area contributed by atoms with Crippen LogP contribution in [0.5, 0.6) is 17.2 Å². The minimum absolute atomic E-state index is 0.0239. The summed E-state index contributed by atoms with van der Waals surface area (Å²) in [5.74, 6) is 5.01. The first kappa shape index (κ1) is 37.0. The molecule has 0 aliphatic heterocycles. The molecule has 0 heterocycles. The number of allylic oxidation sites excluding steroid dienone is 4. The summed E-state index contributed by atoms with van der Waals surface area (Å²) in [6, 6.07) is 17.2. The van der Waals surface area contributed by atoms with Crippen molar-refractivity contribution in [2.24, 2.45) is 23.7 Å². The number of rotatable bonds is 0. The Morgan fingerprint density at radius 3 is 1.15 bits per heavy atom. The molecule has 3 nitrogen and oxygen atoms in total. The molecule has 3 aliphatic carbocycles. The predicted molar refractivity (Wildman–Crippen MR) is 196 cm³/mol. The molecule has 3 aromatic rings. The van der Waals surface area contributed by atoms with Gasteiger partial charge in [-0.3, -0.25) is 0 Å². The number of hydrogen-bond donors (Lipinski definition) is 3. The van der Waals surface area contributed by atoms with E-state index in [1.54, 1.807) is 18.2 Å². The highest BCUT2D eigenvalue weighted by molar-refractivity contribution is 5.41. The van der Waals surface area contributed by atoms with Gasteiger partial charge in [-0.2, -0.15) is 0 Å². The van der Waals surface area contributed by atoms with Gasteiger partial charge in [0.1, 0.15) is 17.2 Å². The second-order valence-electron chi connectivity index (χ2n) is 16.7. The Kier molecular flexibility index (Phi) is 11.7. The maximum Gasteiger partial charge on any atom is 0.119 e. The fourth-order valence-electron chi connectivity index (χ4n) is 6.72. The molecule has 3 heteroatoms. The average molecular weight is 625 g/mol. The minimum Gasteiger partial charge on any atom is -0.508 e. The second kappa shape index (κ2) is 14.5. The van der Waals surface area contributed by atoms with Crippen LogP contribution in [0.1, 0.15) is 109 Å². The molecule has 6 rings (SSSR count). The normalized spacial score (nSPS) is 21.0. The zero-order valence-corrected chi connectivity index (χ0v) is 30.6. The van der Waals surface area contributed by atoms with Crippen molar-refractivity contribution in [1.82, 2.24) is 0 Å². The van der Waals surface area contributed by atoms with Crippen LogP contribution < -0.4 is 0 Å². The third kappa shape index (κ3) is 9.77. The molecule has 0 aromatic heterocycles. The summed E-state index contributed by atoms with van der Waals surface area (Å²) in [7, 11) is 0. The lowest BCUT2D eigenvalue weighted by Crippen LogP contribution is -2.12. The van der Waals surface area contributed by atoms with Crippen molar-refractivity contribution in [3.05, 3.63) is 112 Å².